The Morgan fingerprint density at radius 2 is 1.77 bits per heavy atom. The summed E-state index contributed by atoms with van der Waals surface area (Å²) in [5.74, 6) is -2.20. The van der Waals surface area contributed by atoms with Crippen molar-refractivity contribution in [2.24, 2.45) is 0 Å². The molecule has 2 aliphatic rings. The maximum Gasteiger partial charge on any atom is 0.275 e. The third-order valence-electron chi connectivity index (χ3n) is 7.62. The van der Waals surface area contributed by atoms with E-state index in [1.165, 1.54) is 18.2 Å². The molecule has 1 fully saturated rings. The van der Waals surface area contributed by atoms with Crippen LogP contribution in [-0.2, 0) is 15.2 Å². The normalized spacial score (nSPS) is 19.5. The van der Waals surface area contributed by atoms with Crippen molar-refractivity contribution >= 4 is 23.4 Å². The Bertz CT molecular complexity index is 1220. The molecule has 0 spiro atoms. The monoisotopic (exact) mass is 541 g/mol. The molecule has 1 aliphatic heterocycles. The number of benzene rings is 2. The van der Waals surface area contributed by atoms with E-state index in [1.54, 1.807) is 25.1 Å². The molecular formula is C30H37F2N3O4. The molecule has 210 valence electrons. The highest BCUT2D eigenvalue weighted by Gasteiger charge is 2.47. The summed E-state index contributed by atoms with van der Waals surface area (Å²) >= 11 is 0. The summed E-state index contributed by atoms with van der Waals surface area (Å²) in [4.78, 5) is 42.9. The minimum atomic E-state index is -1.72. The van der Waals surface area contributed by atoms with E-state index in [9.17, 15) is 23.2 Å². The second-order valence-electron chi connectivity index (χ2n) is 10.7. The fraction of sp³-hybridized carbons (Fsp3) is 0.500. The van der Waals surface area contributed by atoms with E-state index in [1.807, 2.05) is 18.7 Å². The SMILES string of the molecule is CCC(=O)NCCN1C(=O)[C@](C)(c2cc(F)cc(F)c2)Oc2ccc(C(=O)N(C(C)C)C3CCCCC3)cc21. The number of fused-ring (bicyclic) bond motifs is 1. The van der Waals surface area contributed by atoms with Crippen molar-refractivity contribution in [3.63, 3.8) is 0 Å². The molecule has 0 saturated heterocycles. The Kier molecular flexibility index (Phi) is 8.57. The fourth-order valence-corrected chi connectivity index (χ4v) is 5.57. The first-order valence-electron chi connectivity index (χ1n) is 13.8. The lowest BCUT2D eigenvalue weighted by Gasteiger charge is -2.41. The first-order valence-corrected chi connectivity index (χ1v) is 13.8. The molecule has 1 N–H and O–H groups in total. The quantitative estimate of drug-likeness (QED) is 0.491. The van der Waals surface area contributed by atoms with Gasteiger partial charge in [0.25, 0.3) is 11.8 Å². The van der Waals surface area contributed by atoms with Gasteiger partial charge in [0, 0.05) is 48.8 Å². The van der Waals surface area contributed by atoms with Gasteiger partial charge in [0.05, 0.1) is 5.69 Å². The van der Waals surface area contributed by atoms with E-state index < -0.39 is 23.1 Å². The number of amides is 3. The molecule has 1 atom stereocenters. The topological polar surface area (TPSA) is 79.0 Å². The number of anilines is 1. The molecule has 0 unspecified atom stereocenters. The van der Waals surface area contributed by atoms with Crippen molar-refractivity contribution in [2.75, 3.05) is 18.0 Å². The maximum atomic E-state index is 14.1. The number of nitrogens with zero attached hydrogens (tertiary/aromatic N) is 2. The van der Waals surface area contributed by atoms with Crippen LogP contribution < -0.4 is 15.0 Å². The summed E-state index contributed by atoms with van der Waals surface area (Å²) in [7, 11) is 0. The van der Waals surface area contributed by atoms with Crippen molar-refractivity contribution in [1.29, 1.82) is 0 Å². The van der Waals surface area contributed by atoms with Gasteiger partial charge < -0.3 is 19.9 Å². The average Bonchev–Trinajstić information content (AvgIpc) is 2.90. The van der Waals surface area contributed by atoms with Gasteiger partial charge >= 0.3 is 0 Å². The van der Waals surface area contributed by atoms with E-state index in [2.05, 4.69) is 5.32 Å². The van der Waals surface area contributed by atoms with Crippen LogP contribution >= 0.6 is 0 Å². The highest BCUT2D eigenvalue weighted by Crippen LogP contribution is 2.43. The minimum absolute atomic E-state index is 0.000962. The Labute approximate surface area is 228 Å². The predicted octanol–water partition coefficient (Wildman–Crippen LogP) is 5.32. The van der Waals surface area contributed by atoms with Crippen molar-refractivity contribution in [3.8, 4) is 5.75 Å². The van der Waals surface area contributed by atoms with Crippen LogP contribution in [-0.4, -0.2) is 47.8 Å². The third-order valence-corrected chi connectivity index (χ3v) is 7.62. The first kappa shape index (κ1) is 28.5. The van der Waals surface area contributed by atoms with Crippen LogP contribution in [0.2, 0.25) is 0 Å². The number of hydrogen-bond donors (Lipinski definition) is 1. The molecule has 4 rings (SSSR count). The summed E-state index contributed by atoms with van der Waals surface area (Å²) in [6.07, 6.45) is 5.56. The summed E-state index contributed by atoms with van der Waals surface area (Å²) in [6.45, 7) is 7.44. The molecule has 7 nitrogen and oxygen atoms in total. The van der Waals surface area contributed by atoms with Crippen LogP contribution in [0, 0.1) is 11.6 Å². The van der Waals surface area contributed by atoms with Crippen LogP contribution in [0.3, 0.4) is 0 Å². The molecular weight excluding hydrogens is 504 g/mol. The number of carbonyl (C=O) groups excluding carboxylic acids is 3. The van der Waals surface area contributed by atoms with Gasteiger partial charge in [-0.05, 0) is 63.9 Å². The summed E-state index contributed by atoms with van der Waals surface area (Å²) < 4.78 is 34.4. The number of nitrogens with one attached hydrogen (secondary N) is 1. The molecule has 1 heterocycles. The second-order valence-corrected chi connectivity index (χ2v) is 10.7. The van der Waals surface area contributed by atoms with Crippen LogP contribution in [0.15, 0.2) is 36.4 Å². The minimum Gasteiger partial charge on any atom is -0.471 e. The van der Waals surface area contributed by atoms with Gasteiger partial charge in [-0.3, -0.25) is 14.4 Å². The largest absolute Gasteiger partial charge is 0.471 e. The zero-order valence-corrected chi connectivity index (χ0v) is 23.1. The van der Waals surface area contributed by atoms with Gasteiger partial charge in [-0.15, -0.1) is 0 Å². The van der Waals surface area contributed by atoms with Gasteiger partial charge in [-0.2, -0.15) is 0 Å². The predicted molar refractivity (Wildman–Crippen MR) is 145 cm³/mol. The number of halogens is 2. The van der Waals surface area contributed by atoms with Gasteiger partial charge in [0.1, 0.15) is 17.4 Å². The third kappa shape index (κ3) is 5.92. The maximum absolute atomic E-state index is 14.1. The molecule has 0 aromatic heterocycles. The average molecular weight is 542 g/mol. The smallest absolute Gasteiger partial charge is 0.275 e. The number of carbonyl (C=O) groups is 3. The van der Waals surface area contributed by atoms with E-state index in [0.717, 1.165) is 43.9 Å². The molecule has 2 aromatic rings. The number of rotatable bonds is 8. The first-order chi connectivity index (χ1) is 18.5. The van der Waals surface area contributed by atoms with E-state index in [4.69, 9.17) is 4.74 Å². The van der Waals surface area contributed by atoms with Crippen LogP contribution in [0.5, 0.6) is 5.75 Å². The second kappa shape index (κ2) is 11.7. The molecule has 39 heavy (non-hydrogen) atoms. The summed E-state index contributed by atoms with van der Waals surface area (Å²) in [6, 6.07) is 7.97. The lowest BCUT2D eigenvalue weighted by Crippen LogP contribution is -2.54. The lowest BCUT2D eigenvalue weighted by atomic mass is 9.91. The standard InChI is InChI=1S/C30H37F2N3O4/c1-5-27(36)33-13-14-34-25-15-20(28(37)35(19(2)3)24-9-7-6-8-10-24)11-12-26(25)39-30(4,29(34)38)21-16-22(31)18-23(32)17-21/h11-12,15-19,24H,5-10,13-14H2,1-4H3,(H,33,36)/t30-/m0/s1. The van der Waals surface area contributed by atoms with Crippen LogP contribution in [0.1, 0.15) is 82.1 Å². The Hall–Kier alpha value is -3.49. The zero-order chi connectivity index (χ0) is 28.3. The molecule has 2 aromatic carbocycles. The van der Waals surface area contributed by atoms with Gasteiger partial charge in [0.2, 0.25) is 11.5 Å². The molecule has 1 saturated carbocycles. The van der Waals surface area contributed by atoms with Gasteiger partial charge in [-0.25, -0.2) is 8.78 Å². The van der Waals surface area contributed by atoms with Crippen molar-refractivity contribution < 1.29 is 27.9 Å². The number of ether oxygens (including phenoxy) is 1. The van der Waals surface area contributed by atoms with Crippen molar-refractivity contribution in [3.05, 3.63) is 59.2 Å². The summed E-state index contributed by atoms with van der Waals surface area (Å²) in [5.41, 5.74) is -0.894. The van der Waals surface area contributed by atoms with Crippen molar-refractivity contribution in [1.82, 2.24) is 10.2 Å². The van der Waals surface area contributed by atoms with Crippen molar-refractivity contribution in [2.45, 2.75) is 83.9 Å². The van der Waals surface area contributed by atoms with Crippen LogP contribution in [0.4, 0.5) is 14.5 Å². The Morgan fingerprint density at radius 1 is 1.10 bits per heavy atom. The molecule has 0 bridgehead atoms. The molecule has 3 amide bonds. The van der Waals surface area contributed by atoms with Gasteiger partial charge in [0.15, 0.2) is 0 Å². The Balaban J connectivity index is 1.73. The highest BCUT2D eigenvalue weighted by molar-refractivity contribution is 6.05. The van der Waals surface area contributed by atoms with E-state index >= 15 is 0 Å². The Morgan fingerprint density at radius 3 is 2.38 bits per heavy atom. The van der Waals surface area contributed by atoms with E-state index in [0.29, 0.717) is 23.4 Å². The fourth-order valence-electron chi connectivity index (χ4n) is 5.57. The molecule has 0 radical (unpaired) electrons. The van der Waals surface area contributed by atoms with Gasteiger partial charge in [-0.1, -0.05) is 26.2 Å². The highest BCUT2D eigenvalue weighted by atomic mass is 19.1. The molecule has 9 heteroatoms. The lowest BCUT2D eigenvalue weighted by molar-refractivity contribution is -0.135. The summed E-state index contributed by atoms with van der Waals surface area (Å²) in [5, 5.41) is 2.76. The van der Waals surface area contributed by atoms with E-state index in [-0.39, 0.29) is 42.6 Å². The number of hydrogen-bond acceptors (Lipinski definition) is 4. The van der Waals surface area contributed by atoms with Crippen LogP contribution in [0.25, 0.3) is 0 Å². The zero-order valence-electron chi connectivity index (χ0n) is 23.1. The molecule has 1 aliphatic carbocycles.